The number of azide groups is 1. The van der Waals surface area contributed by atoms with Gasteiger partial charge >= 0.3 is 0 Å². The van der Waals surface area contributed by atoms with Crippen LogP contribution in [0, 0.1) is 6.92 Å². The molecule has 1 saturated heterocycles. The molecule has 2 rings (SSSR count). The van der Waals surface area contributed by atoms with Crippen molar-refractivity contribution in [3.05, 3.63) is 40.3 Å². The molecule has 0 radical (unpaired) electrons. The summed E-state index contributed by atoms with van der Waals surface area (Å²) in [5, 5.41) is 13.1. The highest BCUT2D eigenvalue weighted by atomic mass is 32.2. The molecule has 0 unspecified atom stereocenters. The summed E-state index contributed by atoms with van der Waals surface area (Å²) in [4.78, 5) is 3.88. The SMILES string of the molecule is CO[C@@H]1[C@H](N=[N+]=[N-])[C@H](Sc2ccc(C)cc2)O[C@H]1CO. The second-order valence-electron chi connectivity index (χ2n) is 4.55. The molecule has 0 bridgehead atoms. The zero-order chi connectivity index (χ0) is 14.5. The van der Waals surface area contributed by atoms with Crippen LogP contribution in [0.15, 0.2) is 34.3 Å². The molecule has 4 atom stereocenters. The molecule has 20 heavy (non-hydrogen) atoms. The molecular weight excluding hydrogens is 278 g/mol. The van der Waals surface area contributed by atoms with Gasteiger partial charge in [0.1, 0.15) is 17.6 Å². The van der Waals surface area contributed by atoms with Gasteiger partial charge in [-0.25, -0.2) is 0 Å². The summed E-state index contributed by atoms with van der Waals surface area (Å²) in [5.74, 6) is 0. The van der Waals surface area contributed by atoms with Gasteiger partial charge in [0.2, 0.25) is 0 Å². The van der Waals surface area contributed by atoms with Gasteiger partial charge in [-0.2, -0.15) is 0 Å². The molecule has 1 aliphatic heterocycles. The molecule has 1 heterocycles. The first-order valence-corrected chi connectivity index (χ1v) is 7.14. The Morgan fingerprint density at radius 1 is 1.45 bits per heavy atom. The number of nitrogens with zero attached hydrogens (tertiary/aromatic N) is 3. The molecule has 0 saturated carbocycles. The van der Waals surface area contributed by atoms with Gasteiger partial charge in [0.05, 0.1) is 12.7 Å². The number of ether oxygens (including phenoxy) is 2. The lowest BCUT2D eigenvalue weighted by Crippen LogP contribution is -2.34. The maximum atomic E-state index is 9.32. The minimum absolute atomic E-state index is 0.166. The van der Waals surface area contributed by atoms with Crippen LogP contribution in [0.2, 0.25) is 0 Å². The largest absolute Gasteiger partial charge is 0.394 e. The number of methoxy groups -OCH3 is 1. The van der Waals surface area contributed by atoms with E-state index in [1.54, 1.807) is 0 Å². The average Bonchev–Trinajstić information content (AvgIpc) is 2.79. The number of aliphatic hydroxyl groups is 1. The van der Waals surface area contributed by atoms with Crippen molar-refractivity contribution in [1.82, 2.24) is 0 Å². The Labute approximate surface area is 121 Å². The average molecular weight is 295 g/mol. The van der Waals surface area contributed by atoms with Crippen LogP contribution in [-0.2, 0) is 9.47 Å². The van der Waals surface area contributed by atoms with Crippen LogP contribution >= 0.6 is 11.8 Å². The Morgan fingerprint density at radius 2 is 2.15 bits per heavy atom. The minimum Gasteiger partial charge on any atom is -0.394 e. The van der Waals surface area contributed by atoms with E-state index in [0.29, 0.717) is 0 Å². The Kier molecular flexibility index (Phi) is 5.28. The second-order valence-corrected chi connectivity index (χ2v) is 5.72. The van der Waals surface area contributed by atoms with Gasteiger partial charge in [-0.3, -0.25) is 0 Å². The van der Waals surface area contributed by atoms with Gasteiger partial charge in [0.25, 0.3) is 0 Å². The molecule has 108 valence electrons. The quantitative estimate of drug-likeness (QED) is 0.513. The molecule has 7 heteroatoms. The predicted molar refractivity (Wildman–Crippen MR) is 76.5 cm³/mol. The van der Waals surface area contributed by atoms with Crippen LogP contribution < -0.4 is 0 Å². The molecule has 1 fully saturated rings. The molecule has 1 aliphatic rings. The van der Waals surface area contributed by atoms with Crippen LogP contribution in [-0.4, -0.2) is 42.5 Å². The lowest BCUT2D eigenvalue weighted by molar-refractivity contribution is -0.0202. The topological polar surface area (TPSA) is 87.5 Å². The second kappa shape index (κ2) is 6.97. The molecule has 0 aliphatic carbocycles. The highest BCUT2D eigenvalue weighted by molar-refractivity contribution is 7.99. The van der Waals surface area contributed by atoms with Crippen LogP contribution in [0.3, 0.4) is 0 Å². The number of aliphatic hydroxyl groups excluding tert-OH is 1. The van der Waals surface area contributed by atoms with Crippen molar-refractivity contribution in [2.75, 3.05) is 13.7 Å². The highest BCUT2D eigenvalue weighted by Crippen LogP contribution is 2.37. The van der Waals surface area contributed by atoms with Crippen molar-refractivity contribution in [2.45, 2.75) is 35.5 Å². The van der Waals surface area contributed by atoms with E-state index in [9.17, 15) is 5.11 Å². The molecule has 6 nitrogen and oxygen atoms in total. The van der Waals surface area contributed by atoms with Gasteiger partial charge in [0, 0.05) is 16.9 Å². The maximum absolute atomic E-state index is 9.32. The van der Waals surface area contributed by atoms with E-state index in [4.69, 9.17) is 15.0 Å². The first kappa shape index (κ1) is 15.2. The molecule has 1 N–H and O–H groups in total. The molecule has 0 spiro atoms. The number of rotatable bonds is 5. The fourth-order valence-electron chi connectivity index (χ4n) is 2.17. The van der Waals surface area contributed by atoms with Crippen LogP contribution in [0.25, 0.3) is 10.4 Å². The Bertz CT molecular complexity index is 490. The standard InChI is InChI=1S/C13H17N3O3S/c1-8-3-5-9(6-4-8)20-13-11(15-16-14)12(18-2)10(7-17)19-13/h3-6,10-13,17H,7H2,1-2H3/t10-,11-,12-,13-/m0/s1. The zero-order valence-electron chi connectivity index (χ0n) is 11.3. The van der Waals surface area contributed by atoms with Crippen molar-refractivity contribution >= 4 is 11.8 Å². The predicted octanol–water partition coefficient (Wildman–Crippen LogP) is 2.50. The Morgan fingerprint density at radius 3 is 2.70 bits per heavy atom. The zero-order valence-corrected chi connectivity index (χ0v) is 12.2. The van der Waals surface area contributed by atoms with Gasteiger partial charge < -0.3 is 14.6 Å². The molecule has 0 amide bonds. The molecule has 0 aromatic heterocycles. The van der Waals surface area contributed by atoms with Gasteiger partial charge in [0.15, 0.2) is 0 Å². The summed E-state index contributed by atoms with van der Waals surface area (Å²) < 4.78 is 11.0. The third-order valence-electron chi connectivity index (χ3n) is 3.20. The van der Waals surface area contributed by atoms with Crippen molar-refractivity contribution in [3.63, 3.8) is 0 Å². The van der Waals surface area contributed by atoms with Crippen molar-refractivity contribution in [2.24, 2.45) is 5.11 Å². The number of hydrogen-bond donors (Lipinski definition) is 1. The van der Waals surface area contributed by atoms with Crippen LogP contribution in [0.5, 0.6) is 0 Å². The van der Waals surface area contributed by atoms with Crippen molar-refractivity contribution in [3.8, 4) is 0 Å². The van der Waals surface area contributed by atoms with Crippen LogP contribution in [0.4, 0.5) is 0 Å². The smallest absolute Gasteiger partial charge is 0.119 e. The maximum Gasteiger partial charge on any atom is 0.119 e. The van der Waals surface area contributed by atoms with E-state index in [0.717, 1.165) is 4.90 Å². The molecule has 1 aromatic rings. The number of hydrogen-bond acceptors (Lipinski definition) is 5. The first-order chi connectivity index (χ1) is 9.69. The summed E-state index contributed by atoms with van der Waals surface area (Å²) in [6.07, 6.45) is -0.905. The third kappa shape index (κ3) is 3.26. The fraction of sp³-hybridized carbons (Fsp3) is 0.538. The first-order valence-electron chi connectivity index (χ1n) is 6.26. The Balaban J connectivity index is 2.16. The van der Waals surface area contributed by atoms with Crippen LogP contribution in [0.1, 0.15) is 5.56 Å². The number of thioether (sulfide) groups is 1. The lowest BCUT2D eigenvalue weighted by atomic mass is 10.1. The monoisotopic (exact) mass is 295 g/mol. The Hall–Kier alpha value is -1.24. The summed E-state index contributed by atoms with van der Waals surface area (Å²) in [5.41, 5.74) is 9.51. The normalized spacial score (nSPS) is 29.1. The lowest BCUT2D eigenvalue weighted by Gasteiger charge is -2.17. The van der Waals surface area contributed by atoms with E-state index < -0.39 is 18.2 Å². The van der Waals surface area contributed by atoms with E-state index in [1.165, 1.54) is 24.4 Å². The van der Waals surface area contributed by atoms with Gasteiger partial charge in [-0.15, -0.1) is 0 Å². The third-order valence-corrected chi connectivity index (χ3v) is 4.37. The van der Waals surface area contributed by atoms with Crippen molar-refractivity contribution < 1.29 is 14.6 Å². The summed E-state index contributed by atoms with van der Waals surface area (Å²) in [6.45, 7) is 1.85. The summed E-state index contributed by atoms with van der Waals surface area (Å²) >= 11 is 1.47. The number of aryl methyl sites for hydroxylation is 1. The summed E-state index contributed by atoms with van der Waals surface area (Å²) in [6, 6.07) is 7.54. The number of benzene rings is 1. The summed E-state index contributed by atoms with van der Waals surface area (Å²) in [7, 11) is 1.52. The van der Waals surface area contributed by atoms with E-state index >= 15 is 0 Å². The van der Waals surface area contributed by atoms with Gasteiger partial charge in [-0.05, 0) is 24.6 Å². The molecule has 1 aromatic carbocycles. The van der Waals surface area contributed by atoms with E-state index in [2.05, 4.69) is 10.0 Å². The molecular formula is C13H17N3O3S. The highest BCUT2D eigenvalue weighted by Gasteiger charge is 2.44. The fourth-order valence-corrected chi connectivity index (χ4v) is 3.28. The van der Waals surface area contributed by atoms with Crippen molar-refractivity contribution in [1.29, 1.82) is 0 Å². The minimum atomic E-state index is -0.474. The van der Waals surface area contributed by atoms with E-state index in [-0.39, 0.29) is 12.0 Å². The van der Waals surface area contributed by atoms with E-state index in [1.807, 2.05) is 31.2 Å². The van der Waals surface area contributed by atoms with Gasteiger partial charge in [-0.1, -0.05) is 34.6 Å².